The van der Waals surface area contributed by atoms with Gasteiger partial charge in [0.1, 0.15) is 5.71 Å². The Balaban J connectivity index is 1.52. The van der Waals surface area contributed by atoms with Crippen LogP contribution in [0, 0.1) is 0 Å². The molecule has 0 amide bonds. The van der Waals surface area contributed by atoms with Crippen molar-refractivity contribution in [2.24, 2.45) is 10.2 Å². The third-order valence-electron chi connectivity index (χ3n) is 6.55. The number of hydrogen-bond donors (Lipinski definition) is 2. The summed E-state index contributed by atoms with van der Waals surface area (Å²) in [4.78, 5) is 29.5. The van der Waals surface area contributed by atoms with Gasteiger partial charge in [-0.05, 0) is 59.7 Å². The number of carboxylic acids is 1. The minimum atomic E-state index is -1.00. The number of fused-ring (bicyclic) bond motifs is 4. The molecule has 5 aromatic rings. The molecule has 1 aliphatic heterocycles. The number of carbonyl (C=O) groups is 1. The van der Waals surface area contributed by atoms with Crippen molar-refractivity contribution < 1.29 is 19.7 Å². The largest absolute Gasteiger partial charge is 0.504 e. The van der Waals surface area contributed by atoms with Crippen molar-refractivity contribution in [3.63, 3.8) is 0 Å². The molecule has 1 aromatic heterocycles. The topological polar surface area (TPSA) is 126 Å². The monoisotopic (exact) mass is 516 g/mol. The van der Waals surface area contributed by atoms with Crippen molar-refractivity contribution in [3.05, 3.63) is 118 Å². The maximum Gasteiger partial charge on any atom is 0.335 e. The lowest BCUT2D eigenvalue weighted by Crippen LogP contribution is -2.21. The third kappa shape index (κ3) is 4.02. The van der Waals surface area contributed by atoms with Crippen molar-refractivity contribution in [1.82, 2.24) is 9.55 Å². The van der Waals surface area contributed by atoms with E-state index in [4.69, 9.17) is 9.72 Å². The molecule has 39 heavy (non-hydrogen) atoms. The molecule has 4 aromatic carbocycles. The Bertz CT molecular complexity index is 1910. The Kier molecular flexibility index (Phi) is 5.73. The lowest BCUT2D eigenvalue weighted by atomic mass is 10.00. The van der Waals surface area contributed by atoms with E-state index in [1.807, 2.05) is 24.3 Å². The quantitative estimate of drug-likeness (QED) is 0.254. The minimum absolute atomic E-state index is 0.0661. The number of phenols is 1. The summed E-state index contributed by atoms with van der Waals surface area (Å²) >= 11 is 0. The molecule has 9 heteroatoms. The Morgan fingerprint density at radius 2 is 1.74 bits per heavy atom. The lowest BCUT2D eigenvalue weighted by molar-refractivity contribution is 0.0697. The van der Waals surface area contributed by atoms with Gasteiger partial charge >= 0.3 is 5.97 Å². The van der Waals surface area contributed by atoms with E-state index in [0.717, 1.165) is 11.1 Å². The second-order valence-corrected chi connectivity index (χ2v) is 8.80. The van der Waals surface area contributed by atoms with Gasteiger partial charge in [0.25, 0.3) is 5.56 Å². The van der Waals surface area contributed by atoms with Gasteiger partial charge in [-0.3, -0.25) is 9.36 Å². The van der Waals surface area contributed by atoms with Crippen LogP contribution in [0.25, 0.3) is 27.7 Å². The fourth-order valence-electron chi connectivity index (χ4n) is 4.60. The third-order valence-corrected chi connectivity index (χ3v) is 6.55. The normalized spacial score (nSPS) is 13.1. The molecule has 0 fully saturated rings. The summed E-state index contributed by atoms with van der Waals surface area (Å²) in [6, 6.07) is 24.2. The first-order valence-corrected chi connectivity index (χ1v) is 11.9. The van der Waals surface area contributed by atoms with Gasteiger partial charge in [0.15, 0.2) is 17.3 Å². The Labute approximate surface area is 221 Å². The molecule has 0 bridgehead atoms. The van der Waals surface area contributed by atoms with Gasteiger partial charge in [0.2, 0.25) is 0 Å². The number of rotatable bonds is 5. The number of hydrogen-bond acceptors (Lipinski definition) is 7. The van der Waals surface area contributed by atoms with E-state index in [1.54, 1.807) is 48.5 Å². The fourth-order valence-corrected chi connectivity index (χ4v) is 4.60. The van der Waals surface area contributed by atoms with Crippen LogP contribution in [0.4, 0.5) is 0 Å². The van der Waals surface area contributed by atoms with Crippen LogP contribution < -0.4 is 10.3 Å². The van der Waals surface area contributed by atoms with E-state index < -0.39 is 5.97 Å². The number of methoxy groups -OCH3 is 1. The minimum Gasteiger partial charge on any atom is -0.504 e. The van der Waals surface area contributed by atoms with Crippen molar-refractivity contribution >= 4 is 28.8 Å². The first-order chi connectivity index (χ1) is 19.0. The van der Waals surface area contributed by atoms with E-state index in [2.05, 4.69) is 10.2 Å². The predicted molar refractivity (Wildman–Crippen MR) is 148 cm³/mol. The zero-order chi connectivity index (χ0) is 27.1. The molecule has 0 saturated carbocycles. The molecule has 2 heterocycles. The van der Waals surface area contributed by atoms with Crippen LogP contribution in [-0.2, 0) is 0 Å². The van der Waals surface area contributed by atoms with Gasteiger partial charge in [-0.1, -0.05) is 36.4 Å². The summed E-state index contributed by atoms with van der Waals surface area (Å²) in [6.45, 7) is 0. The van der Waals surface area contributed by atoms with E-state index in [-0.39, 0.29) is 16.9 Å². The maximum atomic E-state index is 13.5. The van der Waals surface area contributed by atoms with Gasteiger partial charge in [-0.2, -0.15) is 5.10 Å². The van der Waals surface area contributed by atoms with Crippen LogP contribution >= 0.6 is 0 Å². The van der Waals surface area contributed by atoms with E-state index in [1.165, 1.54) is 30.0 Å². The zero-order valence-electron chi connectivity index (χ0n) is 20.6. The molecule has 0 saturated heterocycles. The number of phenolic OH excluding ortho intramolecular Hbond substituents is 1. The molecule has 0 radical (unpaired) electrons. The highest BCUT2D eigenvalue weighted by Crippen LogP contribution is 2.32. The number of benzene rings is 4. The summed E-state index contributed by atoms with van der Waals surface area (Å²) in [7, 11) is 1.46. The van der Waals surface area contributed by atoms with E-state index in [9.17, 15) is 19.8 Å². The van der Waals surface area contributed by atoms with Crippen LogP contribution in [0.3, 0.4) is 0 Å². The Morgan fingerprint density at radius 3 is 2.51 bits per heavy atom. The summed E-state index contributed by atoms with van der Waals surface area (Å²) in [6.07, 6.45) is 1.40. The Morgan fingerprint density at radius 1 is 0.974 bits per heavy atom. The summed E-state index contributed by atoms with van der Waals surface area (Å²) in [5.74, 6) is -0.415. The molecule has 1 aliphatic rings. The highest BCUT2D eigenvalue weighted by atomic mass is 16.5. The van der Waals surface area contributed by atoms with Gasteiger partial charge in [-0.15, -0.1) is 5.10 Å². The Hall–Kier alpha value is -5.57. The van der Waals surface area contributed by atoms with Crippen LogP contribution in [-0.4, -0.2) is 44.8 Å². The number of aromatic carboxylic acids is 1. The van der Waals surface area contributed by atoms with Gasteiger partial charge in [0.05, 0.1) is 35.5 Å². The fraction of sp³-hybridized carbons (Fsp3) is 0.0333. The van der Waals surface area contributed by atoms with Crippen LogP contribution in [0.15, 0.2) is 99.9 Å². The molecule has 6 rings (SSSR count). The van der Waals surface area contributed by atoms with Crippen molar-refractivity contribution in [2.75, 3.05) is 7.11 Å². The van der Waals surface area contributed by atoms with Crippen LogP contribution in [0.2, 0.25) is 0 Å². The first-order valence-electron chi connectivity index (χ1n) is 11.9. The second kappa shape index (κ2) is 9.38. The number of aromatic nitrogens is 2. The smallest absolute Gasteiger partial charge is 0.335 e. The van der Waals surface area contributed by atoms with Gasteiger partial charge in [-0.25, -0.2) is 9.78 Å². The molecule has 190 valence electrons. The molecule has 9 nitrogen and oxygen atoms in total. The molecule has 0 aliphatic carbocycles. The SMILES string of the molecule is COc1cccc(/C=N/N=C2/c3cc(-c4ccc(C(=O)O)cc4)ccc3-n3c2nc2ccccc2c3=O)c1O. The molecule has 0 spiro atoms. The average molecular weight is 517 g/mol. The number of para-hydroxylation sites is 2. The van der Waals surface area contributed by atoms with Crippen LogP contribution in [0.1, 0.15) is 27.3 Å². The molecular weight excluding hydrogens is 496 g/mol. The number of aromatic hydroxyl groups is 1. The van der Waals surface area contributed by atoms with Crippen LogP contribution in [0.5, 0.6) is 11.5 Å². The standard InChI is InChI=1S/C30H20N4O5/c1-39-25-8-4-5-20(27(25)35)16-31-33-26-22-15-19(17-9-11-18(12-10-17)30(37)38)13-14-24(22)34-28(26)32-23-7-3-2-6-21(23)29(34)36/h2-16,35H,1H3,(H,37,38)/b31-16+,33-26-. The lowest BCUT2D eigenvalue weighted by Gasteiger charge is -2.07. The van der Waals surface area contributed by atoms with Crippen molar-refractivity contribution in [2.45, 2.75) is 0 Å². The van der Waals surface area contributed by atoms with E-state index >= 15 is 0 Å². The highest BCUT2D eigenvalue weighted by molar-refractivity contribution is 6.17. The van der Waals surface area contributed by atoms with Gasteiger partial charge < -0.3 is 14.9 Å². The van der Waals surface area contributed by atoms with E-state index in [0.29, 0.717) is 45.0 Å². The number of carboxylic acid groups (broad SMARTS) is 1. The average Bonchev–Trinajstić information content (AvgIpc) is 3.27. The summed E-state index contributed by atoms with van der Waals surface area (Å²) < 4.78 is 6.68. The molecule has 0 atom stereocenters. The van der Waals surface area contributed by atoms with Crippen molar-refractivity contribution in [1.29, 1.82) is 0 Å². The second-order valence-electron chi connectivity index (χ2n) is 8.80. The number of ether oxygens (including phenoxy) is 1. The maximum absolute atomic E-state index is 13.5. The number of nitrogens with zero attached hydrogens (tertiary/aromatic N) is 4. The van der Waals surface area contributed by atoms with Gasteiger partial charge in [0, 0.05) is 11.1 Å². The zero-order valence-corrected chi connectivity index (χ0v) is 20.6. The predicted octanol–water partition coefficient (Wildman–Crippen LogP) is 4.65. The molecule has 0 unspecified atom stereocenters. The molecular formula is C30H20N4O5. The first kappa shape index (κ1) is 23.8. The molecule has 2 N–H and O–H groups in total. The summed E-state index contributed by atoms with van der Waals surface area (Å²) in [5, 5.41) is 28.8. The highest BCUT2D eigenvalue weighted by Gasteiger charge is 2.29. The summed E-state index contributed by atoms with van der Waals surface area (Å²) in [5.41, 5.74) is 4.14. The van der Waals surface area contributed by atoms with Crippen molar-refractivity contribution in [3.8, 4) is 28.3 Å².